The van der Waals surface area contributed by atoms with Crippen LogP contribution in [0.5, 0.6) is 0 Å². The number of nitrogens with one attached hydrogen (secondary N) is 1. The fourth-order valence-electron chi connectivity index (χ4n) is 1.13. The van der Waals surface area contributed by atoms with E-state index in [1.165, 1.54) is 0 Å². The second-order valence-electron chi connectivity index (χ2n) is 4.35. The van der Waals surface area contributed by atoms with Crippen LogP contribution in [0.4, 0.5) is 4.79 Å². The summed E-state index contributed by atoms with van der Waals surface area (Å²) in [7, 11) is 0. The third-order valence-electron chi connectivity index (χ3n) is 1.74. The van der Waals surface area contributed by atoms with E-state index in [0.717, 1.165) is 0 Å². The Morgan fingerprint density at radius 3 is 2.57 bits per heavy atom. The molecule has 0 saturated carbocycles. The van der Waals surface area contributed by atoms with E-state index in [-0.39, 0.29) is 6.04 Å². The Labute approximate surface area is 83.6 Å². The number of likely N-dealkylation sites (tertiary alicyclic amines) is 1. The molecule has 1 rings (SSSR count). The van der Waals surface area contributed by atoms with Crippen LogP contribution in [0.2, 0.25) is 0 Å². The summed E-state index contributed by atoms with van der Waals surface area (Å²) in [4.78, 5) is 12.8. The molecule has 1 aliphatic rings. The van der Waals surface area contributed by atoms with Crippen molar-refractivity contribution in [1.82, 2.24) is 10.2 Å². The van der Waals surface area contributed by atoms with Gasteiger partial charge in [0, 0.05) is 0 Å². The van der Waals surface area contributed by atoms with Gasteiger partial charge in [0.05, 0.1) is 19.1 Å². The summed E-state index contributed by atoms with van der Waals surface area (Å²) in [6.07, 6.45) is 1.58. The van der Waals surface area contributed by atoms with Crippen molar-refractivity contribution in [2.24, 2.45) is 0 Å². The lowest BCUT2D eigenvalue weighted by molar-refractivity contribution is 0.0448. The van der Waals surface area contributed by atoms with Gasteiger partial charge in [-0.1, -0.05) is 0 Å². The molecular formula is C9H15N3O2. The summed E-state index contributed by atoms with van der Waals surface area (Å²) in [6.45, 7) is 6.60. The van der Waals surface area contributed by atoms with Gasteiger partial charge in [0.1, 0.15) is 5.60 Å². The van der Waals surface area contributed by atoms with Gasteiger partial charge in [-0.3, -0.25) is 0 Å². The Bertz CT molecular complexity index is 258. The van der Waals surface area contributed by atoms with Crippen LogP contribution in [-0.4, -0.2) is 35.7 Å². The van der Waals surface area contributed by atoms with Gasteiger partial charge in [0.25, 0.3) is 0 Å². The Morgan fingerprint density at radius 2 is 2.14 bits per heavy atom. The number of alkyl carbamates (subject to hydrolysis) is 1. The molecule has 1 fully saturated rings. The highest BCUT2D eigenvalue weighted by Gasteiger charge is 2.28. The number of hydrogen-bond acceptors (Lipinski definition) is 4. The lowest BCUT2D eigenvalue weighted by Gasteiger charge is -2.35. The molecule has 1 amide bonds. The highest BCUT2D eigenvalue weighted by Crippen LogP contribution is 2.09. The molecule has 1 aliphatic heterocycles. The number of carbonyl (C=O) groups is 1. The van der Waals surface area contributed by atoms with Crippen LogP contribution >= 0.6 is 0 Å². The van der Waals surface area contributed by atoms with E-state index in [4.69, 9.17) is 10.00 Å². The van der Waals surface area contributed by atoms with E-state index in [0.29, 0.717) is 13.1 Å². The summed E-state index contributed by atoms with van der Waals surface area (Å²) >= 11 is 0. The molecular weight excluding hydrogens is 182 g/mol. The Hall–Kier alpha value is -1.44. The Kier molecular flexibility index (Phi) is 2.84. The molecule has 0 atom stereocenters. The second-order valence-corrected chi connectivity index (χ2v) is 4.35. The number of nitriles is 1. The third kappa shape index (κ3) is 3.13. The van der Waals surface area contributed by atoms with Crippen molar-refractivity contribution in [3.05, 3.63) is 0 Å². The average Bonchev–Trinajstić information content (AvgIpc) is 1.91. The first-order chi connectivity index (χ1) is 6.40. The summed E-state index contributed by atoms with van der Waals surface area (Å²) in [5.41, 5.74) is -0.469. The van der Waals surface area contributed by atoms with Gasteiger partial charge in [-0.15, -0.1) is 0 Å². The molecule has 0 radical (unpaired) electrons. The highest BCUT2D eigenvalue weighted by molar-refractivity contribution is 5.68. The SMILES string of the molecule is CC(C)(C)OC(=O)NC1CN(C#N)C1. The van der Waals surface area contributed by atoms with Crippen LogP contribution in [0.3, 0.4) is 0 Å². The van der Waals surface area contributed by atoms with Gasteiger partial charge < -0.3 is 15.0 Å². The van der Waals surface area contributed by atoms with Gasteiger partial charge in [0.15, 0.2) is 6.19 Å². The Morgan fingerprint density at radius 1 is 1.57 bits per heavy atom. The molecule has 5 heteroatoms. The molecule has 1 saturated heterocycles. The van der Waals surface area contributed by atoms with Crippen LogP contribution in [-0.2, 0) is 4.74 Å². The minimum absolute atomic E-state index is 0.0458. The van der Waals surface area contributed by atoms with E-state index in [1.54, 1.807) is 4.90 Å². The van der Waals surface area contributed by atoms with Crippen molar-refractivity contribution in [2.45, 2.75) is 32.4 Å². The maximum atomic E-state index is 11.2. The van der Waals surface area contributed by atoms with Crippen LogP contribution in [0.15, 0.2) is 0 Å². The number of hydrogen-bond donors (Lipinski definition) is 1. The van der Waals surface area contributed by atoms with Crippen molar-refractivity contribution in [3.8, 4) is 6.19 Å². The minimum Gasteiger partial charge on any atom is -0.444 e. The molecule has 0 spiro atoms. The van der Waals surface area contributed by atoms with Crippen molar-refractivity contribution < 1.29 is 9.53 Å². The fourth-order valence-corrected chi connectivity index (χ4v) is 1.13. The highest BCUT2D eigenvalue weighted by atomic mass is 16.6. The minimum atomic E-state index is -0.469. The maximum absolute atomic E-state index is 11.2. The van der Waals surface area contributed by atoms with Crippen LogP contribution in [0.1, 0.15) is 20.8 Å². The first-order valence-electron chi connectivity index (χ1n) is 4.55. The molecule has 0 aromatic heterocycles. The van der Waals surface area contributed by atoms with E-state index >= 15 is 0 Å². The standard InChI is InChI=1S/C9H15N3O2/c1-9(2,3)14-8(13)11-7-4-12(5-7)6-10/h7H,4-5H2,1-3H3,(H,11,13). The predicted molar refractivity (Wildman–Crippen MR) is 50.3 cm³/mol. The van der Waals surface area contributed by atoms with Crippen LogP contribution < -0.4 is 5.32 Å². The van der Waals surface area contributed by atoms with Crippen LogP contribution in [0, 0.1) is 11.5 Å². The van der Waals surface area contributed by atoms with Crippen molar-refractivity contribution in [3.63, 3.8) is 0 Å². The number of nitrogens with zero attached hydrogens (tertiary/aromatic N) is 2. The molecule has 0 aliphatic carbocycles. The topological polar surface area (TPSA) is 65.4 Å². The zero-order chi connectivity index (χ0) is 10.8. The third-order valence-corrected chi connectivity index (χ3v) is 1.74. The molecule has 0 bridgehead atoms. The van der Waals surface area contributed by atoms with Gasteiger partial charge in [0.2, 0.25) is 0 Å². The molecule has 14 heavy (non-hydrogen) atoms. The lowest BCUT2D eigenvalue weighted by atomic mass is 10.1. The molecule has 0 aromatic carbocycles. The molecule has 0 unspecified atom stereocenters. The van der Waals surface area contributed by atoms with Gasteiger partial charge in [-0.05, 0) is 20.8 Å². The summed E-state index contributed by atoms with van der Waals surface area (Å²) in [6, 6.07) is 0.0458. The predicted octanol–water partition coefficient (Wildman–Crippen LogP) is 0.676. The molecule has 1 heterocycles. The summed E-state index contributed by atoms with van der Waals surface area (Å²) in [5.74, 6) is 0. The number of amides is 1. The van der Waals surface area contributed by atoms with Crippen LogP contribution in [0.25, 0.3) is 0 Å². The van der Waals surface area contributed by atoms with E-state index < -0.39 is 11.7 Å². The number of rotatable bonds is 1. The summed E-state index contributed by atoms with van der Waals surface area (Å²) in [5, 5.41) is 11.1. The first-order valence-corrected chi connectivity index (χ1v) is 4.55. The smallest absolute Gasteiger partial charge is 0.407 e. The van der Waals surface area contributed by atoms with Gasteiger partial charge in [-0.25, -0.2) is 4.79 Å². The Balaban J connectivity index is 2.21. The van der Waals surface area contributed by atoms with Crippen molar-refractivity contribution >= 4 is 6.09 Å². The monoisotopic (exact) mass is 197 g/mol. The quantitative estimate of drug-likeness (QED) is 0.628. The first kappa shape index (κ1) is 10.6. The number of ether oxygens (including phenoxy) is 1. The normalized spacial score (nSPS) is 16.9. The van der Waals surface area contributed by atoms with E-state index in [9.17, 15) is 4.79 Å². The van der Waals surface area contributed by atoms with E-state index in [2.05, 4.69) is 5.32 Å². The van der Waals surface area contributed by atoms with Crippen molar-refractivity contribution in [1.29, 1.82) is 5.26 Å². The lowest BCUT2D eigenvalue weighted by Crippen LogP contribution is -2.57. The zero-order valence-corrected chi connectivity index (χ0v) is 8.70. The molecule has 1 N–H and O–H groups in total. The molecule has 5 nitrogen and oxygen atoms in total. The zero-order valence-electron chi connectivity index (χ0n) is 8.70. The van der Waals surface area contributed by atoms with E-state index in [1.807, 2.05) is 27.0 Å². The fraction of sp³-hybridized carbons (Fsp3) is 0.778. The number of carbonyl (C=O) groups excluding carboxylic acids is 1. The van der Waals surface area contributed by atoms with Gasteiger partial charge >= 0.3 is 6.09 Å². The average molecular weight is 197 g/mol. The maximum Gasteiger partial charge on any atom is 0.407 e. The largest absolute Gasteiger partial charge is 0.444 e. The molecule has 0 aromatic rings. The van der Waals surface area contributed by atoms with Crippen molar-refractivity contribution in [2.75, 3.05) is 13.1 Å². The second kappa shape index (κ2) is 3.74. The summed E-state index contributed by atoms with van der Waals surface area (Å²) < 4.78 is 5.06. The van der Waals surface area contributed by atoms with Gasteiger partial charge in [-0.2, -0.15) is 5.26 Å². The molecule has 78 valence electrons.